The maximum absolute atomic E-state index is 12.9. The third kappa shape index (κ3) is 6.94. The molecule has 1 heterocycles. The van der Waals surface area contributed by atoms with Gasteiger partial charge in [-0.1, -0.05) is 42.5 Å². The fourth-order valence-corrected chi connectivity index (χ4v) is 5.30. The Morgan fingerprint density at radius 3 is 2.49 bits per heavy atom. The summed E-state index contributed by atoms with van der Waals surface area (Å²) < 4.78 is 28.5. The maximum Gasteiger partial charge on any atom is 0.319 e. The number of rotatable bonds is 8. The number of amides is 2. The molecule has 9 heteroatoms. The van der Waals surface area contributed by atoms with Crippen molar-refractivity contribution in [1.82, 2.24) is 10.3 Å². The van der Waals surface area contributed by atoms with Crippen molar-refractivity contribution < 1.29 is 13.2 Å². The Morgan fingerprint density at radius 1 is 0.971 bits per heavy atom. The van der Waals surface area contributed by atoms with Crippen LogP contribution in [0.25, 0.3) is 0 Å². The number of hydrogen-bond acceptors (Lipinski definition) is 5. The molecule has 5 N–H and O–H groups in total. The van der Waals surface area contributed by atoms with Gasteiger partial charge in [-0.15, -0.1) is 0 Å². The molecule has 0 bridgehead atoms. The molecule has 0 spiro atoms. The van der Waals surface area contributed by atoms with Crippen LogP contribution in [0.3, 0.4) is 0 Å². The van der Waals surface area contributed by atoms with E-state index in [1.807, 2.05) is 54.6 Å². The van der Waals surface area contributed by atoms with Crippen LogP contribution < -0.4 is 21.1 Å². The fraction of sp³-hybridized carbons (Fsp3) is 0.154. The molecular weight excluding hydrogens is 462 g/mol. The van der Waals surface area contributed by atoms with Crippen LogP contribution in [0.5, 0.6) is 0 Å². The molecule has 1 aliphatic rings. The summed E-state index contributed by atoms with van der Waals surface area (Å²) in [5.74, 6) is -0.398. The van der Waals surface area contributed by atoms with Gasteiger partial charge in [-0.25, -0.2) is 13.2 Å². The van der Waals surface area contributed by atoms with Gasteiger partial charge in [0.15, 0.2) is 0 Å². The quantitative estimate of drug-likeness (QED) is 0.352. The van der Waals surface area contributed by atoms with E-state index < -0.39 is 10.0 Å². The molecule has 4 rings (SSSR count). The summed E-state index contributed by atoms with van der Waals surface area (Å²) in [4.78, 5) is 16.1. The zero-order valence-corrected chi connectivity index (χ0v) is 19.8. The Balaban J connectivity index is 1.34. The fourth-order valence-electron chi connectivity index (χ4n) is 3.89. The number of allylic oxidation sites excluding steroid dienone is 4. The van der Waals surface area contributed by atoms with E-state index >= 15 is 0 Å². The monoisotopic (exact) mass is 489 g/mol. The third-order valence-corrected chi connectivity index (χ3v) is 6.92. The highest BCUT2D eigenvalue weighted by Gasteiger charge is 2.26. The molecule has 0 saturated carbocycles. The minimum absolute atomic E-state index is 0.0793. The van der Waals surface area contributed by atoms with Gasteiger partial charge in [0.2, 0.25) is 10.0 Å². The molecule has 0 aliphatic heterocycles. The second-order valence-corrected chi connectivity index (χ2v) is 10.0. The number of hydrogen-bond donors (Lipinski definition) is 4. The predicted octanol–water partition coefficient (Wildman–Crippen LogP) is 4.25. The smallest absolute Gasteiger partial charge is 0.319 e. The molecule has 3 aromatic rings. The Hall–Kier alpha value is -4.11. The molecule has 2 aromatic carbocycles. The first-order valence-corrected chi connectivity index (χ1v) is 12.8. The largest absolute Gasteiger partial charge is 0.399 e. The Bertz CT molecular complexity index is 1320. The number of anilines is 3. The number of carbonyl (C=O) groups excluding carboxylic acids is 1. The summed E-state index contributed by atoms with van der Waals surface area (Å²) in [6.45, 7) is 0.346. The van der Waals surface area contributed by atoms with E-state index in [2.05, 4.69) is 20.3 Å². The molecule has 0 radical (unpaired) electrons. The minimum Gasteiger partial charge on any atom is -0.399 e. The summed E-state index contributed by atoms with van der Waals surface area (Å²) in [6.07, 6.45) is 11.0. The summed E-state index contributed by atoms with van der Waals surface area (Å²) >= 11 is 0. The summed E-state index contributed by atoms with van der Waals surface area (Å²) in [5, 5.41) is 5.47. The van der Waals surface area contributed by atoms with Crippen LogP contribution in [-0.4, -0.2) is 25.2 Å². The lowest BCUT2D eigenvalue weighted by molar-refractivity contribution is 0.251. The maximum atomic E-state index is 12.9. The summed E-state index contributed by atoms with van der Waals surface area (Å²) in [6, 6.07) is 17.3. The highest BCUT2D eigenvalue weighted by molar-refractivity contribution is 7.92. The molecule has 35 heavy (non-hydrogen) atoms. The lowest BCUT2D eigenvalue weighted by Gasteiger charge is -2.25. The first-order valence-electron chi connectivity index (χ1n) is 11.1. The zero-order valence-electron chi connectivity index (χ0n) is 19.0. The number of pyridine rings is 1. The van der Waals surface area contributed by atoms with Crippen LogP contribution in [0, 0.1) is 5.92 Å². The standard InChI is InChI=1S/C26H27N5O3S/c27-22-8-3-7-20(15-22)25-9-2-1-6-21(25)18-35(33,34)31-24-12-10-23(11-13-24)30-26(32)29-17-19-5-4-14-28-16-19/h1-16,21,25,31H,17-18,27H2,(H2,29,30,32). The van der Waals surface area contributed by atoms with Crippen molar-refractivity contribution in [1.29, 1.82) is 0 Å². The first-order chi connectivity index (χ1) is 16.9. The van der Waals surface area contributed by atoms with Gasteiger partial charge in [0.25, 0.3) is 0 Å². The van der Waals surface area contributed by atoms with E-state index in [-0.39, 0.29) is 23.6 Å². The van der Waals surface area contributed by atoms with Gasteiger partial charge < -0.3 is 16.4 Å². The van der Waals surface area contributed by atoms with Crippen LogP contribution in [-0.2, 0) is 16.6 Å². The molecule has 1 aromatic heterocycles. The van der Waals surface area contributed by atoms with Crippen LogP contribution in [0.15, 0.2) is 97.4 Å². The van der Waals surface area contributed by atoms with Gasteiger partial charge in [0.1, 0.15) is 0 Å². The Kier molecular flexibility index (Phi) is 7.47. The lowest BCUT2D eigenvalue weighted by atomic mass is 9.84. The average Bonchev–Trinajstić information content (AvgIpc) is 2.84. The van der Waals surface area contributed by atoms with E-state index in [1.54, 1.807) is 42.7 Å². The Labute approximate surface area is 205 Å². The van der Waals surface area contributed by atoms with E-state index in [0.29, 0.717) is 23.6 Å². The molecule has 180 valence electrons. The highest BCUT2D eigenvalue weighted by Crippen LogP contribution is 2.32. The molecule has 2 unspecified atom stereocenters. The van der Waals surface area contributed by atoms with Crippen molar-refractivity contribution in [2.45, 2.75) is 12.5 Å². The number of nitrogens with zero attached hydrogens (tertiary/aromatic N) is 1. The van der Waals surface area contributed by atoms with Gasteiger partial charge in [0.05, 0.1) is 5.75 Å². The van der Waals surface area contributed by atoms with Gasteiger partial charge in [0, 0.05) is 47.8 Å². The molecule has 8 nitrogen and oxygen atoms in total. The van der Waals surface area contributed by atoms with Gasteiger partial charge in [-0.05, 0) is 53.6 Å². The third-order valence-electron chi connectivity index (χ3n) is 5.55. The van der Waals surface area contributed by atoms with Gasteiger partial charge in [-0.2, -0.15) is 0 Å². The minimum atomic E-state index is -3.63. The number of nitrogen functional groups attached to an aromatic ring is 1. The van der Waals surface area contributed by atoms with Crippen molar-refractivity contribution in [2.75, 3.05) is 21.5 Å². The van der Waals surface area contributed by atoms with Crippen LogP contribution in [0.4, 0.5) is 21.9 Å². The van der Waals surface area contributed by atoms with Gasteiger partial charge >= 0.3 is 6.03 Å². The first kappa shape index (κ1) is 24.0. The molecule has 2 atom stereocenters. The van der Waals surface area contributed by atoms with E-state index in [1.165, 1.54) is 0 Å². The molecule has 0 fully saturated rings. The average molecular weight is 490 g/mol. The second kappa shape index (κ2) is 10.9. The van der Waals surface area contributed by atoms with Crippen molar-refractivity contribution in [3.63, 3.8) is 0 Å². The van der Waals surface area contributed by atoms with Crippen molar-refractivity contribution >= 4 is 33.1 Å². The molecular formula is C26H27N5O3S. The lowest BCUT2D eigenvalue weighted by Crippen LogP contribution is -2.28. The van der Waals surface area contributed by atoms with Crippen molar-refractivity contribution in [3.8, 4) is 0 Å². The number of carbonyl (C=O) groups is 1. The van der Waals surface area contributed by atoms with E-state index in [0.717, 1.165) is 11.1 Å². The number of aromatic nitrogens is 1. The Morgan fingerprint density at radius 2 is 1.74 bits per heavy atom. The molecule has 1 aliphatic carbocycles. The highest BCUT2D eigenvalue weighted by atomic mass is 32.2. The normalized spacial score (nSPS) is 17.0. The number of benzene rings is 2. The number of urea groups is 1. The topological polar surface area (TPSA) is 126 Å². The number of sulfonamides is 1. The second-order valence-electron chi connectivity index (χ2n) is 8.26. The summed E-state index contributed by atoms with van der Waals surface area (Å²) in [5.41, 5.74) is 9.38. The van der Waals surface area contributed by atoms with Crippen LogP contribution in [0.1, 0.15) is 17.0 Å². The predicted molar refractivity (Wildman–Crippen MR) is 139 cm³/mol. The zero-order chi connectivity index (χ0) is 24.7. The van der Waals surface area contributed by atoms with Crippen molar-refractivity contribution in [3.05, 3.63) is 108 Å². The SMILES string of the molecule is Nc1cccc(C2C=CC=CC2CS(=O)(=O)Nc2ccc(NC(=O)NCc3cccnc3)cc2)c1. The van der Waals surface area contributed by atoms with E-state index in [9.17, 15) is 13.2 Å². The van der Waals surface area contributed by atoms with Crippen LogP contribution in [0.2, 0.25) is 0 Å². The number of nitrogens with two attached hydrogens (primary N) is 1. The molecule has 2 amide bonds. The van der Waals surface area contributed by atoms with Crippen molar-refractivity contribution in [2.24, 2.45) is 5.92 Å². The van der Waals surface area contributed by atoms with E-state index in [4.69, 9.17) is 5.73 Å². The van der Waals surface area contributed by atoms with Crippen LogP contribution >= 0.6 is 0 Å². The number of nitrogens with one attached hydrogen (secondary N) is 3. The van der Waals surface area contributed by atoms with Gasteiger partial charge in [-0.3, -0.25) is 9.71 Å². The summed E-state index contributed by atoms with van der Waals surface area (Å²) in [7, 11) is -3.63. The molecule has 0 saturated heterocycles.